The lowest BCUT2D eigenvalue weighted by Crippen LogP contribution is -2.02. The van der Waals surface area contributed by atoms with Crippen LogP contribution in [0.1, 0.15) is 22.8 Å². The van der Waals surface area contributed by atoms with Gasteiger partial charge in [0.15, 0.2) is 0 Å². The fourth-order valence-corrected chi connectivity index (χ4v) is 2.33. The number of ether oxygens (including phenoxy) is 2. The Balaban J connectivity index is 2.56. The number of hydrogen-bond donors (Lipinski definition) is 1. The molecule has 0 aliphatic carbocycles. The summed E-state index contributed by atoms with van der Waals surface area (Å²) in [5.74, 6) is 0.168. The van der Waals surface area contributed by atoms with E-state index in [0.717, 1.165) is 22.4 Å². The maximum absolute atomic E-state index is 11.3. The van der Waals surface area contributed by atoms with Gasteiger partial charge in [-0.25, -0.2) is 4.79 Å². The number of carboxylic acid groups (broad SMARTS) is 1. The van der Waals surface area contributed by atoms with Crippen molar-refractivity contribution in [3.8, 4) is 22.6 Å². The van der Waals surface area contributed by atoms with Gasteiger partial charge in [-0.1, -0.05) is 18.2 Å². The monoisotopic (exact) mass is 286 g/mol. The molecule has 4 nitrogen and oxygen atoms in total. The molecule has 4 heteroatoms. The first kappa shape index (κ1) is 14.9. The molecule has 0 saturated carbocycles. The summed E-state index contributed by atoms with van der Waals surface area (Å²) in [6, 6.07) is 10.8. The van der Waals surface area contributed by atoms with E-state index < -0.39 is 5.97 Å². The van der Waals surface area contributed by atoms with Gasteiger partial charge < -0.3 is 14.6 Å². The first-order valence-electron chi connectivity index (χ1n) is 6.72. The summed E-state index contributed by atoms with van der Waals surface area (Å²) < 4.78 is 10.8. The molecule has 2 aromatic carbocycles. The number of rotatable bonds is 5. The number of benzene rings is 2. The summed E-state index contributed by atoms with van der Waals surface area (Å²) >= 11 is 0. The van der Waals surface area contributed by atoms with Gasteiger partial charge in [-0.05, 0) is 43.2 Å². The van der Waals surface area contributed by atoms with Crippen LogP contribution in [0.25, 0.3) is 11.1 Å². The second-order valence-electron chi connectivity index (χ2n) is 4.60. The molecule has 21 heavy (non-hydrogen) atoms. The average molecular weight is 286 g/mol. The molecule has 110 valence electrons. The van der Waals surface area contributed by atoms with Gasteiger partial charge in [-0.3, -0.25) is 0 Å². The molecule has 1 N–H and O–H groups in total. The first-order valence-corrected chi connectivity index (χ1v) is 6.72. The highest BCUT2D eigenvalue weighted by molar-refractivity contribution is 5.94. The summed E-state index contributed by atoms with van der Waals surface area (Å²) in [6.07, 6.45) is 0. The normalized spacial score (nSPS) is 10.2. The minimum atomic E-state index is -1.00. The van der Waals surface area contributed by atoms with Crippen LogP contribution in [0.4, 0.5) is 0 Å². The molecule has 0 aliphatic heterocycles. The molecule has 0 aromatic heterocycles. The van der Waals surface area contributed by atoms with E-state index in [4.69, 9.17) is 9.47 Å². The molecule has 0 aliphatic rings. The summed E-state index contributed by atoms with van der Waals surface area (Å²) in [7, 11) is 1.48. The third-order valence-corrected chi connectivity index (χ3v) is 3.25. The van der Waals surface area contributed by atoms with Gasteiger partial charge in [0.25, 0.3) is 0 Å². The minimum absolute atomic E-state index is 0.156. The van der Waals surface area contributed by atoms with Crippen LogP contribution < -0.4 is 9.47 Å². The van der Waals surface area contributed by atoms with Gasteiger partial charge >= 0.3 is 5.97 Å². The van der Waals surface area contributed by atoms with E-state index in [-0.39, 0.29) is 5.56 Å². The van der Waals surface area contributed by atoms with Crippen molar-refractivity contribution in [2.75, 3.05) is 13.7 Å². The molecule has 0 radical (unpaired) electrons. The Morgan fingerprint density at radius 1 is 1.19 bits per heavy atom. The number of carboxylic acids is 1. The minimum Gasteiger partial charge on any atom is -0.495 e. The van der Waals surface area contributed by atoms with Crippen molar-refractivity contribution in [1.82, 2.24) is 0 Å². The highest BCUT2D eigenvalue weighted by Gasteiger charge is 2.17. The van der Waals surface area contributed by atoms with Gasteiger partial charge in [-0.2, -0.15) is 0 Å². The molecular formula is C17H18O4. The summed E-state index contributed by atoms with van der Waals surface area (Å²) in [4.78, 5) is 11.3. The Kier molecular flexibility index (Phi) is 4.48. The van der Waals surface area contributed by atoms with Crippen LogP contribution in [0.15, 0.2) is 36.4 Å². The Morgan fingerprint density at radius 2 is 1.95 bits per heavy atom. The smallest absolute Gasteiger partial charge is 0.339 e. The second kappa shape index (κ2) is 6.31. The Morgan fingerprint density at radius 3 is 2.52 bits per heavy atom. The second-order valence-corrected chi connectivity index (χ2v) is 4.60. The number of hydrogen-bond acceptors (Lipinski definition) is 3. The Hall–Kier alpha value is -2.49. The molecule has 0 bridgehead atoms. The van der Waals surface area contributed by atoms with E-state index in [9.17, 15) is 9.90 Å². The van der Waals surface area contributed by atoms with Crippen molar-refractivity contribution in [3.63, 3.8) is 0 Å². The zero-order valence-corrected chi connectivity index (χ0v) is 12.3. The van der Waals surface area contributed by atoms with Crippen molar-refractivity contribution in [1.29, 1.82) is 0 Å². The standard InChI is InChI=1S/C17H18O4/c1-4-21-12-8-9-13(11(2)10-12)14-6-5-7-15(17(18)19)16(14)20-3/h5-10H,4H2,1-3H3,(H,18,19). The summed E-state index contributed by atoms with van der Waals surface area (Å²) in [5, 5.41) is 9.25. The molecule has 0 saturated heterocycles. The molecule has 0 unspecified atom stereocenters. The van der Waals surface area contributed by atoms with E-state index >= 15 is 0 Å². The number of carbonyl (C=O) groups is 1. The van der Waals surface area contributed by atoms with Crippen molar-refractivity contribution in [2.24, 2.45) is 0 Å². The quantitative estimate of drug-likeness (QED) is 0.909. The third kappa shape index (κ3) is 2.99. The van der Waals surface area contributed by atoms with Crippen LogP contribution in [0.3, 0.4) is 0 Å². The fourth-order valence-electron chi connectivity index (χ4n) is 2.33. The van der Waals surface area contributed by atoms with Crippen molar-refractivity contribution < 1.29 is 19.4 Å². The number of aryl methyl sites for hydroxylation is 1. The van der Waals surface area contributed by atoms with Crippen LogP contribution >= 0.6 is 0 Å². The van der Waals surface area contributed by atoms with Gasteiger partial charge in [-0.15, -0.1) is 0 Å². The van der Waals surface area contributed by atoms with Crippen LogP contribution in [0.2, 0.25) is 0 Å². The van der Waals surface area contributed by atoms with Crippen molar-refractivity contribution in [2.45, 2.75) is 13.8 Å². The molecule has 0 spiro atoms. The van der Waals surface area contributed by atoms with Gasteiger partial charge in [0, 0.05) is 5.56 Å². The zero-order chi connectivity index (χ0) is 15.4. The summed E-state index contributed by atoms with van der Waals surface area (Å²) in [6.45, 7) is 4.50. The molecule has 0 atom stereocenters. The molecule has 2 rings (SSSR count). The predicted octanol–water partition coefficient (Wildman–Crippen LogP) is 3.77. The van der Waals surface area contributed by atoms with Crippen molar-refractivity contribution in [3.05, 3.63) is 47.5 Å². The molecular weight excluding hydrogens is 268 g/mol. The van der Waals surface area contributed by atoms with Crippen molar-refractivity contribution >= 4 is 5.97 Å². The van der Waals surface area contributed by atoms with Gasteiger partial charge in [0.1, 0.15) is 17.1 Å². The SMILES string of the molecule is CCOc1ccc(-c2cccc(C(=O)O)c2OC)c(C)c1. The average Bonchev–Trinajstić information content (AvgIpc) is 2.47. The molecule has 2 aromatic rings. The molecule has 0 amide bonds. The van der Waals surface area contributed by atoms with Crippen LogP contribution in [0, 0.1) is 6.92 Å². The highest BCUT2D eigenvalue weighted by atomic mass is 16.5. The summed E-state index contributed by atoms with van der Waals surface area (Å²) in [5.41, 5.74) is 2.85. The lowest BCUT2D eigenvalue weighted by molar-refractivity contribution is 0.0693. The van der Waals surface area contributed by atoms with E-state index in [1.165, 1.54) is 13.2 Å². The Bertz CT molecular complexity index is 662. The molecule has 0 heterocycles. The van der Waals surface area contributed by atoms with E-state index in [1.54, 1.807) is 6.07 Å². The number of methoxy groups -OCH3 is 1. The lowest BCUT2D eigenvalue weighted by Gasteiger charge is -2.14. The van der Waals surface area contributed by atoms with Crippen LogP contribution in [-0.4, -0.2) is 24.8 Å². The maximum atomic E-state index is 11.3. The first-order chi connectivity index (χ1) is 10.1. The maximum Gasteiger partial charge on any atom is 0.339 e. The predicted molar refractivity (Wildman–Crippen MR) is 81.3 cm³/mol. The highest BCUT2D eigenvalue weighted by Crippen LogP contribution is 2.36. The Labute approximate surface area is 123 Å². The van der Waals surface area contributed by atoms with Crippen LogP contribution in [0.5, 0.6) is 11.5 Å². The number of aromatic carboxylic acids is 1. The zero-order valence-electron chi connectivity index (χ0n) is 12.3. The third-order valence-electron chi connectivity index (χ3n) is 3.25. The lowest BCUT2D eigenvalue weighted by atomic mass is 9.97. The van der Waals surface area contributed by atoms with E-state index in [0.29, 0.717) is 12.4 Å². The van der Waals surface area contributed by atoms with Crippen LogP contribution in [-0.2, 0) is 0 Å². The van der Waals surface area contributed by atoms with E-state index in [1.807, 2.05) is 38.1 Å². The number of para-hydroxylation sites is 1. The largest absolute Gasteiger partial charge is 0.495 e. The van der Waals surface area contributed by atoms with Gasteiger partial charge in [0.2, 0.25) is 0 Å². The molecule has 0 fully saturated rings. The fraction of sp³-hybridized carbons (Fsp3) is 0.235. The topological polar surface area (TPSA) is 55.8 Å². The van der Waals surface area contributed by atoms with Gasteiger partial charge in [0.05, 0.1) is 13.7 Å². The van der Waals surface area contributed by atoms with E-state index in [2.05, 4.69) is 0 Å².